The lowest BCUT2D eigenvalue weighted by atomic mass is 9.41. The highest BCUT2D eigenvalue weighted by molar-refractivity contribution is 5.85. The Bertz CT molecular complexity index is 560. The highest BCUT2D eigenvalue weighted by atomic mass is 35.5. The maximum absolute atomic E-state index is 4.48. The van der Waals surface area contributed by atoms with Crippen molar-refractivity contribution in [1.82, 2.24) is 5.32 Å². The molecule has 3 heteroatoms. The van der Waals surface area contributed by atoms with Crippen LogP contribution >= 0.6 is 12.4 Å². The van der Waals surface area contributed by atoms with E-state index in [9.17, 15) is 0 Å². The van der Waals surface area contributed by atoms with E-state index in [2.05, 4.69) is 40.6 Å². The summed E-state index contributed by atoms with van der Waals surface area (Å²) < 4.78 is 0. The first-order chi connectivity index (χ1) is 10.3. The van der Waals surface area contributed by atoms with Crippen LogP contribution in [-0.2, 0) is 5.41 Å². The van der Waals surface area contributed by atoms with Crippen molar-refractivity contribution in [3.05, 3.63) is 35.9 Å². The molecule has 5 aliphatic rings. The summed E-state index contributed by atoms with van der Waals surface area (Å²) in [5.41, 5.74) is 2.59. The van der Waals surface area contributed by atoms with Gasteiger partial charge in [0.25, 0.3) is 0 Å². The fourth-order valence-electron chi connectivity index (χ4n) is 6.59. The van der Waals surface area contributed by atoms with Crippen LogP contribution in [0.15, 0.2) is 35.3 Å². The molecule has 4 bridgehead atoms. The summed E-state index contributed by atoms with van der Waals surface area (Å²) in [5.74, 6) is 1.91. The highest BCUT2D eigenvalue weighted by Crippen LogP contribution is 2.66. The first-order valence-corrected chi connectivity index (χ1v) is 8.58. The van der Waals surface area contributed by atoms with Crippen LogP contribution in [0.1, 0.15) is 44.1 Å². The van der Waals surface area contributed by atoms with E-state index in [0.29, 0.717) is 16.9 Å². The Kier molecular flexibility index (Phi) is 3.30. The Balaban J connectivity index is 0.00000125. The molecule has 6 rings (SSSR count). The van der Waals surface area contributed by atoms with Crippen LogP contribution in [0.4, 0.5) is 0 Å². The van der Waals surface area contributed by atoms with Gasteiger partial charge in [0.15, 0.2) is 0 Å². The zero-order valence-electron chi connectivity index (χ0n) is 13.0. The standard InChI is InChI=1S/C19H24N2.ClH/c1-2-4-16(5-3-1)18-7-14-6-15(8-18)10-19(9-14,12-18)17-11-20-13-21-17;/h1-5,13-15,17H,6-12H2,(H,20,21);1H. The molecule has 3 atom stereocenters. The van der Waals surface area contributed by atoms with Crippen molar-refractivity contribution in [2.75, 3.05) is 6.54 Å². The maximum atomic E-state index is 4.48. The summed E-state index contributed by atoms with van der Waals surface area (Å²) >= 11 is 0. The average molecular weight is 317 g/mol. The number of hydrogen-bond donors (Lipinski definition) is 1. The van der Waals surface area contributed by atoms with Gasteiger partial charge in [-0.3, -0.25) is 4.99 Å². The maximum Gasteiger partial charge on any atom is 0.0827 e. The van der Waals surface area contributed by atoms with Gasteiger partial charge < -0.3 is 5.32 Å². The SMILES string of the molecule is C1=NCC(C23CC4CC(CC(c5ccccc5)(C4)C2)C3)N1.Cl. The fourth-order valence-corrected chi connectivity index (χ4v) is 6.59. The average Bonchev–Trinajstić information content (AvgIpc) is 3.02. The van der Waals surface area contributed by atoms with Gasteiger partial charge >= 0.3 is 0 Å². The molecule has 0 aromatic heterocycles. The molecule has 4 saturated carbocycles. The molecule has 1 aliphatic heterocycles. The van der Waals surface area contributed by atoms with E-state index in [4.69, 9.17) is 0 Å². The Morgan fingerprint density at radius 3 is 2.36 bits per heavy atom. The van der Waals surface area contributed by atoms with Crippen molar-refractivity contribution in [1.29, 1.82) is 0 Å². The lowest BCUT2D eigenvalue weighted by molar-refractivity contribution is -0.0852. The molecule has 1 N–H and O–H groups in total. The Hall–Kier alpha value is -1.02. The Morgan fingerprint density at radius 2 is 1.73 bits per heavy atom. The Morgan fingerprint density at radius 1 is 1.00 bits per heavy atom. The number of rotatable bonds is 2. The molecule has 0 radical (unpaired) electrons. The van der Waals surface area contributed by atoms with Gasteiger partial charge in [0.2, 0.25) is 0 Å². The van der Waals surface area contributed by atoms with Crippen LogP contribution < -0.4 is 5.32 Å². The number of aliphatic imine (C=N–C) groups is 1. The first-order valence-electron chi connectivity index (χ1n) is 8.58. The van der Waals surface area contributed by atoms with Gasteiger partial charge in [-0.25, -0.2) is 0 Å². The second kappa shape index (κ2) is 4.99. The smallest absolute Gasteiger partial charge is 0.0827 e. The molecule has 1 aromatic rings. The van der Waals surface area contributed by atoms with Gasteiger partial charge in [0, 0.05) is 0 Å². The second-order valence-electron chi connectivity index (χ2n) is 8.18. The number of nitrogens with zero attached hydrogens (tertiary/aromatic N) is 1. The molecule has 4 fully saturated rings. The predicted molar refractivity (Wildman–Crippen MR) is 92.8 cm³/mol. The highest BCUT2D eigenvalue weighted by Gasteiger charge is 2.60. The van der Waals surface area contributed by atoms with Crippen LogP contribution in [0.3, 0.4) is 0 Å². The van der Waals surface area contributed by atoms with Crippen LogP contribution in [0.5, 0.6) is 0 Å². The summed E-state index contributed by atoms with van der Waals surface area (Å²) in [6.45, 7) is 1.00. The van der Waals surface area contributed by atoms with E-state index in [1.165, 1.54) is 38.5 Å². The van der Waals surface area contributed by atoms with Gasteiger partial charge in [-0.1, -0.05) is 30.3 Å². The van der Waals surface area contributed by atoms with E-state index in [-0.39, 0.29) is 12.4 Å². The number of hydrogen-bond acceptors (Lipinski definition) is 2. The normalized spacial score (nSPS) is 44.6. The molecule has 0 saturated heterocycles. The van der Waals surface area contributed by atoms with E-state index in [0.717, 1.165) is 18.4 Å². The van der Waals surface area contributed by atoms with Crippen molar-refractivity contribution < 1.29 is 0 Å². The van der Waals surface area contributed by atoms with Crippen LogP contribution in [0.2, 0.25) is 0 Å². The molecule has 2 nitrogen and oxygen atoms in total. The van der Waals surface area contributed by atoms with Gasteiger partial charge in [-0.2, -0.15) is 0 Å². The van der Waals surface area contributed by atoms with Crippen molar-refractivity contribution in [2.45, 2.75) is 50.0 Å². The third-order valence-electron chi connectivity index (χ3n) is 6.89. The number of halogens is 1. The molecule has 0 amide bonds. The van der Waals surface area contributed by atoms with Crippen molar-refractivity contribution >= 4 is 18.7 Å². The van der Waals surface area contributed by atoms with Gasteiger partial charge in [0.05, 0.1) is 18.9 Å². The van der Waals surface area contributed by atoms with Crippen LogP contribution in [0.25, 0.3) is 0 Å². The summed E-state index contributed by atoms with van der Waals surface area (Å²) in [4.78, 5) is 4.48. The summed E-state index contributed by atoms with van der Waals surface area (Å²) in [5, 5.41) is 3.59. The fraction of sp³-hybridized carbons (Fsp3) is 0.632. The topological polar surface area (TPSA) is 24.4 Å². The van der Waals surface area contributed by atoms with E-state index in [1.54, 1.807) is 5.56 Å². The quantitative estimate of drug-likeness (QED) is 0.878. The molecule has 1 aromatic carbocycles. The molecule has 118 valence electrons. The molecule has 4 aliphatic carbocycles. The number of benzene rings is 1. The second-order valence-corrected chi connectivity index (χ2v) is 8.18. The van der Waals surface area contributed by atoms with Crippen LogP contribution in [0, 0.1) is 17.3 Å². The molecular formula is C19H25ClN2. The van der Waals surface area contributed by atoms with Gasteiger partial charge in [0.1, 0.15) is 0 Å². The largest absolute Gasteiger partial charge is 0.371 e. The van der Waals surface area contributed by atoms with Gasteiger partial charge in [-0.15, -0.1) is 12.4 Å². The monoisotopic (exact) mass is 316 g/mol. The minimum absolute atomic E-state index is 0. The summed E-state index contributed by atoms with van der Waals surface area (Å²) in [6, 6.07) is 12.0. The van der Waals surface area contributed by atoms with E-state index >= 15 is 0 Å². The summed E-state index contributed by atoms with van der Waals surface area (Å²) in [7, 11) is 0. The van der Waals surface area contributed by atoms with E-state index < -0.39 is 0 Å². The lowest BCUT2D eigenvalue weighted by Gasteiger charge is -2.64. The van der Waals surface area contributed by atoms with Crippen LogP contribution in [-0.4, -0.2) is 18.9 Å². The predicted octanol–water partition coefficient (Wildman–Crippen LogP) is 3.95. The zero-order chi connectivity index (χ0) is 13.9. The lowest BCUT2D eigenvalue weighted by Crippen LogP contribution is -2.60. The van der Waals surface area contributed by atoms with Crippen molar-refractivity contribution in [2.24, 2.45) is 22.2 Å². The molecule has 22 heavy (non-hydrogen) atoms. The first kappa shape index (κ1) is 14.6. The molecular weight excluding hydrogens is 292 g/mol. The van der Waals surface area contributed by atoms with Gasteiger partial charge in [-0.05, 0) is 66.8 Å². The summed E-state index contributed by atoms with van der Waals surface area (Å²) in [6.07, 6.45) is 10.6. The van der Waals surface area contributed by atoms with Crippen molar-refractivity contribution in [3.63, 3.8) is 0 Å². The third kappa shape index (κ3) is 1.96. The minimum Gasteiger partial charge on any atom is -0.371 e. The molecule has 1 heterocycles. The molecule has 0 spiro atoms. The minimum atomic E-state index is 0. The third-order valence-corrected chi connectivity index (χ3v) is 6.89. The Labute approximate surface area is 139 Å². The van der Waals surface area contributed by atoms with Crippen molar-refractivity contribution in [3.8, 4) is 0 Å². The molecule has 3 unspecified atom stereocenters. The zero-order valence-corrected chi connectivity index (χ0v) is 13.8. The number of nitrogens with one attached hydrogen (secondary N) is 1. The van der Waals surface area contributed by atoms with E-state index in [1.807, 2.05) is 6.34 Å².